The highest BCUT2D eigenvalue weighted by Gasteiger charge is 2.18. The minimum atomic E-state index is -3.65. The van der Waals surface area contributed by atoms with Gasteiger partial charge in [0.25, 0.3) is 10.0 Å². The van der Waals surface area contributed by atoms with E-state index in [0.717, 1.165) is 11.1 Å². The van der Waals surface area contributed by atoms with Gasteiger partial charge in [-0.05, 0) is 38.5 Å². The zero-order valence-electron chi connectivity index (χ0n) is 12.4. The van der Waals surface area contributed by atoms with E-state index < -0.39 is 10.0 Å². The molecule has 1 aromatic carbocycles. The summed E-state index contributed by atoms with van der Waals surface area (Å²) in [5, 5.41) is 9.26. The molecule has 0 fully saturated rings. The number of anilines is 1. The van der Waals surface area contributed by atoms with Crippen LogP contribution in [-0.4, -0.2) is 18.1 Å². The Morgan fingerprint density at radius 1 is 1.24 bits per heavy atom. The molecule has 0 saturated heterocycles. The van der Waals surface area contributed by atoms with Gasteiger partial charge in [-0.25, -0.2) is 8.42 Å². The van der Waals surface area contributed by atoms with Crippen molar-refractivity contribution in [1.82, 2.24) is 4.57 Å². The highest BCUT2D eigenvalue weighted by molar-refractivity contribution is 7.92. The lowest BCUT2D eigenvalue weighted by Gasteiger charge is -2.10. The Hall–Kier alpha value is -1.79. The zero-order valence-corrected chi connectivity index (χ0v) is 13.2. The van der Waals surface area contributed by atoms with E-state index in [1.807, 2.05) is 32.9 Å². The van der Waals surface area contributed by atoms with Crippen molar-refractivity contribution in [3.63, 3.8) is 0 Å². The van der Waals surface area contributed by atoms with Crippen LogP contribution in [0.3, 0.4) is 0 Å². The Labute approximate surface area is 125 Å². The van der Waals surface area contributed by atoms with E-state index in [4.69, 9.17) is 0 Å². The number of nitrogens with zero attached hydrogens (tertiary/aromatic N) is 1. The quantitative estimate of drug-likeness (QED) is 0.891. The molecule has 0 unspecified atom stereocenters. The fraction of sp³-hybridized carbons (Fsp3) is 0.333. The summed E-state index contributed by atoms with van der Waals surface area (Å²) in [5.41, 5.74) is 3.10. The second-order valence-electron chi connectivity index (χ2n) is 5.04. The molecular formula is C15H20N2O3S. The Balaban J connectivity index is 2.36. The largest absolute Gasteiger partial charge is 0.390 e. The maximum Gasteiger partial charge on any atom is 0.263 e. The number of aliphatic hydroxyl groups is 1. The van der Waals surface area contributed by atoms with Crippen LogP contribution in [0, 0.1) is 13.8 Å². The number of sulfonamides is 1. The van der Waals surface area contributed by atoms with Crippen molar-refractivity contribution in [2.24, 2.45) is 0 Å². The van der Waals surface area contributed by atoms with Crippen LogP contribution in [0.15, 0.2) is 35.4 Å². The van der Waals surface area contributed by atoms with Gasteiger partial charge in [0.1, 0.15) is 4.90 Å². The topological polar surface area (TPSA) is 71.3 Å². The molecule has 0 saturated carbocycles. The van der Waals surface area contributed by atoms with Gasteiger partial charge in [0.05, 0.1) is 12.3 Å². The Morgan fingerprint density at radius 2 is 1.95 bits per heavy atom. The van der Waals surface area contributed by atoms with Crippen molar-refractivity contribution in [3.05, 3.63) is 47.3 Å². The predicted molar refractivity (Wildman–Crippen MR) is 82.8 cm³/mol. The van der Waals surface area contributed by atoms with Gasteiger partial charge in [-0.1, -0.05) is 17.7 Å². The first-order chi connectivity index (χ1) is 9.87. The fourth-order valence-corrected chi connectivity index (χ4v) is 3.42. The van der Waals surface area contributed by atoms with Crippen LogP contribution < -0.4 is 4.72 Å². The third-order valence-corrected chi connectivity index (χ3v) is 4.73. The van der Waals surface area contributed by atoms with Gasteiger partial charge in [-0.3, -0.25) is 4.72 Å². The lowest BCUT2D eigenvalue weighted by atomic mass is 10.1. The average Bonchev–Trinajstić information content (AvgIpc) is 2.86. The third-order valence-electron chi connectivity index (χ3n) is 3.40. The molecule has 0 aliphatic carbocycles. The molecule has 0 aliphatic rings. The molecule has 1 aromatic heterocycles. The van der Waals surface area contributed by atoms with Crippen LogP contribution in [0.5, 0.6) is 0 Å². The van der Waals surface area contributed by atoms with E-state index in [1.165, 1.54) is 12.3 Å². The molecule has 6 heteroatoms. The lowest BCUT2D eigenvalue weighted by Crippen LogP contribution is -2.13. The average molecular weight is 308 g/mol. The van der Waals surface area contributed by atoms with Crippen molar-refractivity contribution < 1.29 is 13.5 Å². The molecule has 2 aromatic rings. The van der Waals surface area contributed by atoms with Crippen LogP contribution in [0.1, 0.15) is 23.7 Å². The summed E-state index contributed by atoms with van der Waals surface area (Å²) < 4.78 is 29.2. The molecule has 2 rings (SSSR count). The van der Waals surface area contributed by atoms with Crippen LogP contribution in [0.25, 0.3) is 0 Å². The molecule has 1 heterocycles. The first kappa shape index (κ1) is 15.6. The summed E-state index contributed by atoms with van der Waals surface area (Å²) in [6.07, 6.45) is 1.54. The number of aliphatic hydroxyl groups excluding tert-OH is 1. The summed E-state index contributed by atoms with van der Waals surface area (Å²) in [7, 11) is -3.65. The number of hydrogen-bond acceptors (Lipinski definition) is 3. The molecule has 0 aliphatic heterocycles. The first-order valence-corrected chi connectivity index (χ1v) is 8.25. The maximum absolute atomic E-state index is 12.4. The minimum Gasteiger partial charge on any atom is -0.390 e. The molecule has 21 heavy (non-hydrogen) atoms. The summed E-state index contributed by atoms with van der Waals surface area (Å²) in [6, 6.07) is 7.04. The number of aromatic nitrogens is 1. The van der Waals surface area contributed by atoms with Crippen molar-refractivity contribution in [1.29, 1.82) is 0 Å². The highest BCUT2D eigenvalue weighted by Crippen LogP contribution is 2.22. The third kappa shape index (κ3) is 3.28. The summed E-state index contributed by atoms with van der Waals surface area (Å²) in [4.78, 5) is 0.161. The van der Waals surface area contributed by atoms with Crippen LogP contribution in [0.2, 0.25) is 0 Å². The number of hydrogen-bond donors (Lipinski definition) is 2. The molecule has 114 valence electrons. The molecule has 0 atom stereocenters. The van der Waals surface area contributed by atoms with E-state index in [-0.39, 0.29) is 11.5 Å². The summed E-state index contributed by atoms with van der Waals surface area (Å²) in [6.45, 7) is 6.14. The van der Waals surface area contributed by atoms with E-state index in [2.05, 4.69) is 4.72 Å². The molecular weight excluding hydrogens is 288 g/mol. The molecule has 5 nitrogen and oxygen atoms in total. The van der Waals surface area contributed by atoms with Crippen LogP contribution in [0.4, 0.5) is 5.69 Å². The van der Waals surface area contributed by atoms with Gasteiger partial charge in [0, 0.05) is 18.4 Å². The van der Waals surface area contributed by atoms with Gasteiger partial charge in [0.2, 0.25) is 0 Å². The number of aryl methyl sites for hydroxylation is 3. The molecule has 0 spiro atoms. The maximum atomic E-state index is 12.4. The monoisotopic (exact) mass is 308 g/mol. The fourth-order valence-electron chi connectivity index (χ4n) is 2.23. The Bertz CT molecular complexity index is 727. The van der Waals surface area contributed by atoms with E-state index >= 15 is 0 Å². The van der Waals surface area contributed by atoms with Crippen LogP contribution >= 0.6 is 0 Å². The van der Waals surface area contributed by atoms with Crippen molar-refractivity contribution in [3.8, 4) is 0 Å². The van der Waals surface area contributed by atoms with E-state index in [9.17, 15) is 13.5 Å². The normalized spacial score (nSPS) is 11.6. The molecule has 2 N–H and O–H groups in total. The van der Waals surface area contributed by atoms with E-state index in [1.54, 1.807) is 10.6 Å². The molecule has 0 amide bonds. The molecule has 0 radical (unpaired) electrons. The van der Waals surface area contributed by atoms with Gasteiger partial charge in [-0.15, -0.1) is 0 Å². The van der Waals surface area contributed by atoms with Gasteiger partial charge < -0.3 is 9.67 Å². The van der Waals surface area contributed by atoms with Crippen molar-refractivity contribution >= 4 is 15.7 Å². The first-order valence-electron chi connectivity index (χ1n) is 6.77. The highest BCUT2D eigenvalue weighted by atomic mass is 32.2. The summed E-state index contributed by atoms with van der Waals surface area (Å²) in [5.74, 6) is 0. The number of benzene rings is 1. The van der Waals surface area contributed by atoms with Crippen LogP contribution in [-0.2, 0) is 23.2 Å². The smallest absolute Gasteiger partial charge is 0.263 e. The van der Waals surface area contributed by atoms with Gasteiger partial charge >= 0.3 is 0 Å². The Morgan fingerprint density at radius 3 is 2.48 bits per heavy atom. The predicted octanol–water partition coefficient (Wildman–Crippen LogP) is 2.42. The standard InChI is InChI=1S/C15H20N2O3S/c1-4-17-9-14(8-13(17)10-18)21(19,20)16-15-6-5-11(2)7-12(15)3/h5-9,16,18H,4,10H2,1-3H3. The van der Waals surface area contributed by atoms with Gasteiger partial charge in [0.15, 0.2) is 0 Å². The SMILES string of the molecule is CCn1cc(S(=O)(=O)Nc2ccc(C)cc2C)cc1CO. The second kappa shape index (κ2) is 5.91. The lowest BCUT2D eigenvalue weighted by molar-refractivity contribution is 0.271. The molecule has 0 bridgehead atoms. The van der Waals surface area contributed by atoms with Crippen molar-refractivity contribution in [2.45, 2.75) is 38.8 Å². The second-order valence-corrected chi connectivity index (χ2v) is 6.72. The zero-order chi connectivity index (χ0) is 15.6. The van der Waals surface area contributed by atoms with Crippen molar-refractivity contribution in [2.75, 3.05) is 4.72 Å². The Kier molecular flexibility index (Phi) is 4.39. The van der Waals surface area contributed by atoms with Gasteiger partial charge in [-0.2, -0.15) is 0 Å². The summed E-state index contributed by atoms with van der Waals surface area (Å²) >= 11 is 0. The number of rotatable bonds is 5. The minimum absolute atomic E-state index is 0.161. The van der Waals surface area contributed by atoms with E-state index in [0.29, 0.717) is 17.9 Å². The number of nitrogens with one attached hydrogen (secondary N) is 1.